The average molecular weight is 332 g/mol. The molecule has 0 heterocycles. The molecule has 0 bridgehead atoms. The normalized spacial score (nSPS) is 14.8. The molecule has 2 rings (SSSR count). The van der Waals surface area contributed by atoms with Crippen LogP contribution in [0.4, 0.5) is 0 Å². The van der Waals surface area contributed by atoms with Gasteiger partial charge in [-0.2, -0.15) is 0 Å². The summed E-state index contributed by atoms with van der Waals surface area (Å²) in [5.41, 5.74) is 0. The van der Waals surface area contributed by atoms with Gasteiger partial charge in [0, 0.05) is 12.5 Å². The lowest BCUT2D eigenvalue weighted by atomic mass is 9.89. The number of hydrogen-bond acceptors (Lipinski definition) is 3. The number of amides is 2. The van der Waals surface area contributed by atoms with Crippen LogP contribution in [0.5, 0.6) is 5.75 Å². The summed E-state index contributed by atoms with van der Waals surface area (Å²) in [4.78, 5) is 23.7. The van der Waals surface area contributed by atoms with E-state index in [0.717, 1.165) is 44.3 Å². The fourth-order valence-electron chi connectivity index (χ4n) is 2.90. The molecule has 0 aromatic heterocycles. The molecule has 132 valence electrons. The van der Waals surface area contributed by atoms with Gasteiger partial charge in [0.15, 0.2) is 0 Å². The van der Waals surface area contributed by atoms with Gasteiger partial charge >= 0.3 is 0 Å². The van der Waals surface area contributed by atoms with Crippen molar-refractivity contribution in [2.75, 3.05) is 19.7 Å². The van der Waals surface area contributed by atoms with Gasteiger partial charge in [0.2, 0.25) is 11.8 Å². The van der Waals surface area contributed by atoms with Crippen LogP contribution in [0.15, 0.2) is 30.3 Å². The van der Waals surface area contributed by atoms with Crippen LogP contribution in [0.25, 0.3) is 0 Å². The topological polar surface area (TPSA) is 67.4 Å². The van der Waals surface area contributed by atoms with E-state index in [4.69, 9.17) is 4.74 Å². The molecule has 5 nitrogen and oxygen atoms in total. The smallest absolute Gasteiger partial charge is 0.239 e. The minimum atomic E-state index is -0.122. The van der Waals surface area contributed by atoms with Crippen molar-refractivity contribution in [3.63, 3.8) is 0 Å². The van der Waals surface area contributed by atoms with Crippen molar-refractivity contribution in [3.05, 3.63) is 30.3 Å². The van der Waals surface area contributed by atoms with Crippen LogP contribution in [-0.2, 0) is 9.59 Å². The van der Waals surface area contributed by atoms with Gasteiger partial charge in [-0.25, -0.2) is 0 Å². The molecule has 1 aliphatic rings. The van der Waals surface area contributed by atoms with Gasteiger partial charge in [-0.3, -0.25) is 9.59 Å². The van der Waals surface area contributed by atoms with E-state index in [1.54, 1.807) is 0 Å². The lowest BCUT2D eigenvalue weighted by Crippen LogP contribution is -2.40. The quantitative estimate of drug-likeness (QED) is 0.683. The van der Waals surface area contributed by atoms with Gasteiger partial charge in [-0.1, -0.05) is 37.5 Å². The van der Waals surface area contributed by atoms with Crippen molar-refractivity contribution in [1.29, 1.82) is 0 Å². The molecule has 1 aromatic carbocycles. The molecule has 0 aliphatic heterocycles. The molecule has 0 radical (unpaired) electrons. The van der Waals surface area contributed by atoms with Gasteiger partial charge in [0.05, 0.1) is 13.2 Å². The number of benzene rings is 1. The Balaban J connectivity index is 1.46. The number of ether oxygens (including phenoxy) is 1. The number of nitrogens with one attached hydrogen (secondary N) is 2. The second-order valence-corrected chi connectivity index (χ2v) is 6.27. The summed E-state index contributed by atoms with van der Waals surface area (Å²) in [7, 11) is 0. The number of para-hydroxylation sites is 1. The summed E-state index contributed by atoms with van der Waals surface area (Å²) < 4.78 is 5.59. The monoisotopic (exact) mass is 332 g/mol. The van der Waals surface area contributed by atoms with Crippen LogP contribution in [0.2, 0.25) is 0 Å². The zero-order chi connectivity index (χ0) is 17.0. The van der Waals surface area contributed by atoms with E-state index in [2.05, 4.69) is 10.6 Å². The fraction of sp³-hybridized carbons (Fsp3) is 0.579. The summed E-state index contributed by atoms with van der Waals surface area (Å²) in [5.74, 6) is 0.873. The van der Waals surface area contributed by atoms with Crippen LogP contribution < -0.4 is 15.4 Å². The van der Waals surface area contributed by atoms with Gasteiger partial charge in [-0.05, 0) is 37.8 Å². The summed E-state index contributed by atoms with van der Waals surface area (Å²) >= 11 is 0. The van der Waals surface area contributed by atoms with Crippen molar-refractivity contribution in [3.8, 4) is 5.75 Å². The zero-order valence-corrected chi connectivity index (χ0v) is 14.3. The average Bonchev–Trinajstić information content (AvgIpc) is 2.64. The first-order valence-electron chi connectivity index (χ1n) is 8.98. The highest BCUT2D eigenvalue weighted by Gasteiger charge is 2.21. The van der Waals surface area contributed by atoms with E-state index in [1.807, 2.05) is 30.3 Å². The first kappa shape index (κ1) is 18.3. The maximum absolute atomic E-state index is 11.9. The molecule has 0 spiro atoms. The van der Waals surface area contributed by atoms with Crippen LogP contribution in [0, 0.1) is 5.92 Å². The Morgan fingerprint density at radius 2 is 1.75 bits per heavy atom. The third-order valence-corrected chi connectivity index (χ3v) is 4.30. The van der Waals surface area contributed by atoms with E-state index in [-0.39, 0.29) is 24.3 Å². The van der Waals surface area contributed by atoms with Crippen LogP contribution in [-0.4, -0.2) is 31.5 Å². The summed E-state index contributed by atoms with van der Waals surface area (Å²) in [6.07, 6.45) is 7.10. The SMILES string of the molecule is O=C(CNC(=O)C1CCCCC1)NCCCCOc1ccccc1. The van der Waals surface area contributed by atoms with Crippen molar-refractivity contribution in [1.82, 2.24) is 10.6 Å². The molecule has 24 heavy (non-hydrogen) atoms. The lowest BCUT2D eigenvalue weighted by Gasteiger charge is -2.20. The van der Waals surface area contributed by atoms with E-state index >= 15 is 0 Å². The molecule has 0 atom stereocenters. The molecule has 0 unspecified atom stereocenters. The molecular weight excluding hydrogens is 304 g/mol. The molecular formula is C19H28N2O3. The Kier molecular flexibility index (Phi) is 8.15. The third-order valence-electron chi connectivity index (χ3n) is 4.30. The molecule has 1 fully saturated rings. The number of rotatable bonds is 9. The Labute approximate surface area is 144 Å². The van der Waals surface area contributed by atoms with Crippen molar-refractivity contribution in [2.24, 2.45) is 5.92 Å². The van der Waals surface area contributed by atoms with E-state index < -0.39 is 0 Å². The van der Waals surface area contributed by atoms with Crippen molar-refractivity contribution in [2.45, 2.75) is 44.9 Å². The van der Waals surface area contributed by atoms with Crippen LogP contribution >= 0.6 is 0 Å². The first-order chi connectivity index (χ1) is 11.8. The standard InChI is InChI=1S/C19H28N2O3/c22-18(15-21-19(23)16-9-3-1-4-10-16)20-13-7-8-14-24-17-11-5-2-6-12-17/h2,5-6,11-12,16H,1,3-4,7-10,13-15H2,(H,20,22)(H,21,23). The van der Waals surface area contributed by atoms with Gasteiger partial charge in [-0.15, -0.1) is 0 Å². The lowest BCUT2D eigenvalue weighted by molar-refractivity contribution is -0.129. The number of carbonyl (C=O) groups is 2. The fourth-order valence-corrected chi connectivity index (χ4v) is 2.90. The molecule has 1 saturated carbocycles. The Morgan fingerprint density at radius 1 is 1.00 bits per heavy atom. The summed E-state index contributed by atoms with van der Waals surface area (Å²) in [6, 6.07) is 9.69. The minimum Gasteiger partial charge on any atom is -0.494 e. The predicted octanol–water partition coefficient (Wildman–Crippen LogP) is 2.66. The Morgan fingerprint density at radius 3 is 2.50 bits per heavy atom. The van der Waals surface area contributed by atoms with Crippen LogP contribution in [0.3, 0.4) is 0 Å². The molecule has 2 N–H and O–H groups in total. The highest BCUT2D eigenvalue weighted by molar-refractivity contribution is 5.85. The third kappa shape index (κ3) is 7.02. The summed E-state index contributed by atoms with van der Waals surface area (Å²) in [5, 5.41) is 5.58. The minimum absolute atomic E-state index is 0.0288. The Hall–Kier alpha value is -2.04. The van der Waals surface area contributed by atoms with Gasteiger partial charge in [0.25, 0.3) is 0 Å². The highest BCUT2D eigenvalue weighted by atomic mass is 16.5. The predicted molar refractivity (Wildman–Crippen MR) is 93.8 cm³/mol. The second-order valence-electron chi connectivity index (χ2n) is 6.27. The number of carbonyl (C=O) groups excluding carboxylic acids is 2. The Bertz CT molecular complexity index is 499. The molecule has 0 saturated heterocycles. The maximum Gasteiger partial charge on any atom is 0.239 e. The molecule has 5 heteroatoms. The van der Waals surface area contributed by atoms with Crippen molar-refractivity contribution < 1.29 is 14.3 Å². The molecule has 1 aliphatic carbocycles. The van der Waals surface area contributed by atoms with Crippen LogP contribution in [0.1, 0.15) is 44.9 Å². The number of hydrogen-bond donors (Lipinski definition) is 2. The van der Waals surface area contributed by atoms with Gasteiger partial charge in [0.1, 0.15) is 5.75 Å². The maximum atomic E-state index is 11.9. The largest absolute Gasteiger partial charge is 0.494 e. The second kappa shape index (κ2) is 10.7. The molecule has 1 aromatic rings. The molecule has 2 amide bonds. The van der Waals surface area contributed by atoms with E-state index in [9.17, 15) is 9.59 Å². The highest BCUT2D eigenvalue weighted by Crippen LogP contribution is 2.23. The number of unbranched alkanes of at least 4 members (excludes halogenated alkanes) is 1. The zero-order valence-electron chi connectivity index (χ0n) is 14.3. The summed E-state index contributed by atoms with van der Waals surface area (Å²) in [6.45, 7) is 1.32. The van der Waals surface area contributed by atoms with Gasteiger partial charge < -0.3 is 15.4 Å². The first-order valence-corrected chi connectivity index (χ1v) is 8.98. The van der Waals surface area contributed by atoms with E-state index in [0.29, 0.717) is 13.2 Å². The van der Waals surface area contributed by atoms with Crippen molar-refractivity contribution >= 4 is 11.8 Å². The van der Waals surface area contributed by atoms with E-state index in [1.165, 1.54) is 6.42 Å².